The monoisotopic (exact) mass is 417 g/mol. The molecule has 1 saturated heterocycles. The molecule has 30 heavy (non-hydrogen) atoms. The molecule has 2 atom stereocenters. The second-order valence-electron chi connectivity index (χ2n) is 10.4. The first-order valence-corrected chi connectivity index (χ1v) is 11.4. The lowest BCUT2D eigenvalue weighted by Crippen LogP contribution is -2.61. The summed E-state index contributed by atoms with van der Waals surface area (Å²) in [5.41, 5.74) is -0.655. The molecule has 2 unspecified atom stereocenters. The topological polar surface area (TPSA) is 73.6 Å². The summed E-state index contributed by atoms with van der Waals surface area (Å²) < 4.78 is 16.9. The van der Waals surface area contributed by atoms with Crippen LogP contribution in [0.1, 0.15) is 55.4 Å². The quantitative estimate of drug-likeness (QED) is 0.705. The maximum atomic E-state index is 15.4. The first-order chi connectivity index (χ1) is 14.2. The molecule has 2 heterocycles. The Kier molecular flexibility index (Phi) is 4.89. The van der Waals surface area contributed by atoms with Gasteiger partial charge in [-0.3, -0.25) is 4.79 Å². The van der Waals surface area contributed by atoms with Gasteiger partial charge >= 0.3 is 0 Å². The molecule has 0 radical (unpaired) electrons. The molecule has 4 bridgehead atoms. The normalized spacial score (nSPS) is 36.3. The number of amides is 1. The molecule has 7 nitrogen and oxygen atoms in total. The van der Waals surface area contributed by atoms with Crippen molar-refractivity contribution < 1.29 is 14.3 Å². The minimum atomic E-state index is -0.544. The van der Waals surface area contributed by atoms with Crippen LogP contribution in [0.5, 0.6) is 0 Å². The number of carbonyl (C=O) groups excluding carboxylic acids is 1. The first kappa shape index (κ1) is 20.3. The van der Waals surface area contributed by atoms with Gasteiger partial charge in [0, 0.05) is 26.2 Å². The smallest absolute Gasteiger partial charge is 0.275 e. The molecule has 1 aromatic heterocycles. The summed E-state index contributed by atoms with van der Waals surface area (Å²) >= 11 is 0. The van der Waals surface area contributed by atoms with Crippen LogP contribution in [-0.2, 0) is 7.05 Å². The van der Waals surface area contributed by atoms with Crippen LogP contribution in [0.25, 0.3) is 0 Å². The number of aryl methyl sites for hydroxylation is 1. The zero-order valence-electron chi connectivity index (χ0n) is 18.3. The van der Waals surface area contributed by atoms with E-state index in [1.54, 1.807) is 7.05 Å². The number of carbonyl (C=O) groups is 1. The lowest BCUT2D eigenvalue weighted by molar-refractivity contribution is -0.137. The van der Waals surface area contributed by atoms with E-state index in [0.717, 1.165) is 58.0 Å². The number of nitrogens with zero attached hydrogens (tertiary/aromatic N) is 4. The maximum absolute atomic E-state index is 15.4. The molecule has 2 N–H and O–H groups in total. The molecule has 4 saturated carbocycles. The van der Waals surface area contributed by atoms with E-state index in [4.69, 9.17) is 0 Å². The van der Waals surface area contributed by atoms with Gasteiger partial charge < -0.3 is 20.1 Å². The molecular formula is C21H33BFN5O2. The van der Waals surface area contributed by atoms with E-state index in [2.05, 4.69) is 23.2 Å². The van der Waals surface area contributed by atoms with Gasteiger partial charge in [-0.25, -0.2) is 9.07 Å². The highest BCUT2D eigenvalue weighted by atomic mass is 19.1. The molecule has 0 aromatic carbocycles. The van der Waals surface area contributed by atoms with Crippen LogP contribution in [0.2, 0.25) is 0 Å². The van der Waals surface area contributed by atoms with Crippen LogP contribution >= 0.6 is 0 Å². The maximum Gasteiger partial charge on any atom is 0.275 e. The van der Waals surface area contributed by atoms with Crippen LogP contribution < -0.4 is 10.2 Å². The molecule has 9 heteroatoms. The zero-order chi connectivity index (χ0) is 21.2. The van der Waals surface area contributed by atoms with E-state index in [-0.39, 0.29) is 17.8 Å². The fraction of sp³-hybridized carbons (Fsp3) is 0.810. The third-order valence-corrected chi connectivity index (χ3v) is 8.28. The van der Waals surface area contributed by atoms with E-state index >= 15 is 4.39 Å². The lowest BCUT2D eigenvalue weighted by Gasteiger charge is -2.58. The van der Waals surface area contributed by atoms with E-state index in [1.165, 1.54) is 4.68 Å². The van der Waals surface area contributed by atoms with Gasteiger partial charge in [-0.2, -0.15) is 5.10 Å². The van der Waals surface area contributed by atoms with Crippen molar-refractivity contribution in [3.8, 4) is 0 Å². The Balaban J connectivity index is 1.32. The number of anilines is 1. The molecule has 164 valence electrons. The molecule has 1 aromatic rings. The Morgan fingerprint density at radius 3 is 2.50 bits per heavy atom. The molecule has 0 spiro atoms. The number of aromatic nitrogens is 2. The molecule has 1 aliphatic heterocycles. The highest BCUT2D eigenvalue weighted by molar-refractivity contribution is 6.04. The first-order valence-electron chi connectivity index (χ1n) is 11.4. The fourth-order valence-corrected chi connectivity index (χ4v) is 7.01. The largest absolute Gasteiger partial charge is 0.390 e. The Bertz CT molecular complexity index is 824. The summed E-state index contributed by atoms with van der Waals surface area (Å²) in [6, 6.07) is 0.262. The molecular weight excluding hydrogens is 384 g/mol. The van der Waals surface area contributed by atoms with Crippen molar-refractivity contribution in [1.29, 1.82) is 0 Å². The third kappa shape index (κ3) is 3.34. The summed E-state index contributed by atoms with van der Waals surface area (Å²) in [6.45, 7) is 1.97. The van der Waals surface area contributed by atoms with Crippen molar-refractivity contribution in [3.63, 3.8) is 0 Å². The van der Waals surface area contributed by atoms with Crippen LogP contribution in [-0.4, -0.2) is 71.4 Å². The lowest BCUT2D eigenvalue weighted by atomic mass is 9.52. The molecule has 6 rings (SSSR count). The Hall–Kier alpha value is -1.61. The average molecular weight is 417 g/mol. The predicted octanol–water partition coefficient (Wildman–Crippen LogP) is 0.677. The van der Waals surface area contributed by atoms with Crippen molar-refractivity contribution >= 4 is 19.7 Å². The second-order valence-corrected chi connectivity index (χ2v) is 10.4. The zero-order valence-corrected chi connectivity index (χ0v) is 18.3. The van der Waals surface area contributed by atoms with Crippen molar-refractivity contribution in [2.45, 2.75) is 62.6 Å². The van der Waals surface area contributed by atoms with Gasteiger partial charge in [-0.1, -0.05) is 0 Å². The average Bonchev–Trinajstić information content (AvgIpc) is 2.97. The van der Waals surface area contributed by atoms with Gasteiger partial charge in [-0.05, 0) is 75.8 Å². The van der Waals surface area contributed by atoms with Crippen LogP contribution in [0.15, 0.2) is 0 Å². The summed E-state index contributed by atoms with van der Waals surface area (Å²) in [5, 5.41) is 18.1. The second kappa shape index (κ2) is 7.23. The highest BCUT2D eigenvalue weighted by Gasteiger charge is 2.55. The van der Waals surface area contributed by atoms with Crippen LogP contribution in [0, 0.1) is 23.6 Å². The standard InChI is InChI=1S/C21H33BFN5O2/c1-26(15-3-5-28(22)6-4-15)20-16(23)18(25-27(20)2)19(29)24-17-13-7-12-8-14(17)11-21(30,9-12)10-13/h12-15,17,30H,3-11,22H2,1-2H3,(H,24,29)/t12?,13?,14?,17-,21-. The van der Waals surface area contributed by atoms with E-state index < -0.39 is 17.3 Å². The highest BCUT2D eigenvalue weighted by Crippen LogP contribution is 2.55. The van der Waals surface area contributed by atoms with E-state index in [0.29, 0.717) is 23.6 Å². The van der Waals surface area contributed by atoms with Crippen LogP contribution in [0.4, 0.5) is 10.2 Å². The van der Waals surface area contributed by atoms with Crippen molar-refractivity contribution in [1.82, 2.24) is 19.9 Å². The van der Waals surface area contributed by atoms with Crippen LogP contribution in [0.3, 0.4) is 0 Å². The number of rotatable bonds is 4. The summed E-state index contributed by atoms with van der Waals surface area (Å²) in [7, 11) is 5.71. The van der Waals surface area contributed by atoms with E-state index in [9.17, 15) is 9.90 Å². The molecule has 5 fully saturated rings. The predicted molar refractivity (Wildman–Crippen MR) is 114 cm³/mol. The van der Waals surface area contributed by atoms with Gasteiger partial charge in [0.05, 0.1) is 5.60 Å². The Morgan fingerprint density at radius 1 is 1.27 bits per heavy atom. The molecule has 1 amide bonds. The summed E-state index contributed by atoms with van der Waals surface area (Å²) in [4.78, 5) is 17.3. The molecule has 4 aliphatic carbocycles. The number of nitrogens with one attached hydrogen (secondary N) is 1. The van der Waals surface area contributed by atoms with Crippen molar-refractivity contribution in [2.24, 2.45) is 24.8 Å². The minimum absolute atomic E-state index is 0.0193. The van der Waals surface area contributed by atoms with Crippen molar-refractivity contribution in [3.05, 3.63) is 11.5 Å². The van der Waals surface area contributed by atoms with Gasteiger partial charge in [0.25, 0.3) is 5.91 Å². The SMILES string of the molecule is BN1CCC(N(C)c2c(F)c(C(=O)N[C@H]3C4CC5CC3C[C@](O)(C5)C4)nn2C)CC1. The van der Waals surface area contributed by atoms with Crippen molar-refractivity contribution in [2.75, 3.05) is 25.0 Å². The third-order valence-electron chi connectivity index (χ3n) is 8.28. The number of halogens is 1. The molecule has 5 aliphatic rings. The number of hydrogen-bond donors (Lipinski definition) is 2. The Labute approximate surface area is 178 Å². The van der Waals surface area contributed by atoms with E-state index in [1.807, 2.05) is 11.9 Å². The number of hydrogen-bond acceptors (Lipinski definition) is 5. The van der Waals surface area contributed by atoms with Gasteiger partial charge in [-0.15, -0.1) is 0 Å². The Morgan fingerprint density at radius 2 is 1.90 bits per heavy atom. The fourth-order valence-electron chi connectivity index (χ4n) is 7.01. The minimum Gasteiger partial charge on any atom is -0.390 e. The summed E-state index contributed by atoms with van der Waals surface area (Å²) in [6.07, 6.45) is 6.45. The summed E-state index contributed by atoms with van der Waals surface area (Å²) in [5.74, 6) is 0.585. The van der Waals surface area contributed by atoms with Gasteiger partial charge in [0.2, 0.25) is 0 Å². The number of piperidine rings is 1. The van der Waals surface area contributed by atoms with Gasteiger partial charge in [0.15, 0.2) is 25.3 Å². The van der Waals surface area contributed by atoms with Gasteiger partial charge in [0.1, 0.15) is 0 Å². The number of aliphatic hydroxyl groups is 1.